The molecule has 0 atom stereocenters. The monoisotopic (exact) mass is 356 g/mol. The van der Waals surface area contributed by atoms with Crippen LogP contribution >= 0.6 is 0 Å². The van der Waals surface area contributed by atoms with Crippen molar-refractivity contribution in [2.24, 2.45) is 5.92 Å². The number of benzene rings is 1. The van der Waals surface area contributed by atoms with Crippen LogP contribution in [0.25, 0.3) is 0 Å². The Morgan fingerprint density at radius 2 is 1.88 bits per heavy atom. The summed E-state index contributed by atoms with van der Waals surface area (Å²) < 4.78 is 44.5. The molecule has 1 aromatic rings. The average molecular weight is 356 g/mol. The van der Waals surface area contributed by atoms with Crippen LogP contribution in [0.1, 0.15) is 37.7 Å². The predicted molar refractivity (Wildman–Crippen MR) is 89.7 cm³/mol. The van der Waals surface area contributed by atoms with Crippen molar-refractivity contribution in [3.63, 3.8) is 0 Å². The zero-order valence-electron chi connectivity index (χ0n) is 14.1. The maximum absolute atomic E-state index is 13.1. The number of amides is 1. The molecule has 0 aromatic heterocycles. The number of morpholine rings is 1. The molecule has 1 aromatic carbocycles. The number of anilines is 2. The van der Waals surface area contributed by atoms with Crippen LogP contribution in [0.4, 0.5) is 24.5 Å². The Bertz CT molecular complexity index is 607. The molecule has 3 rings (SSSR count). The average Bonchev–Trinajstić information content (AvgIpc) is 3.07. The number of ether oxygens (including phenoxy) is 1. The molecule has 138 valence electrons. The van der Waals surface area contributed by atoms with Gasteiger partial charge in [0, 0.05) is 19.5 Å². The SMILES string of the molecule is O=C(CC1CCCC1)Nc1cc(C(F)(F)F)ccc1N1CCOCC1. The van der Waals surface area contributed by atoms with Gasteiger partial charge in [-0.05, 0) is 37.0 Å². The number of hydrogen-bond acceptors (Lipinski definition) is 3. The van der Waals surface area contributed by atoms with Gasteiger partial charge in [-0.25, -0.2) is 0 Å². The maximum atomic E-state index is 13.1. The van der Waals surface area contributed by atoms with Gasteiger partial charge < -0.3 is 15.0 Å². The first-order chi connectivity index (χ1) is 11.9. The fourth-order valence-electron chi connectivity index (χ4n) is 3.57. The minimum Gasteiger partial charge on any atom is -0.378 e. The quantitative estimate of drug-likeness (QED) is 0.885. The molecule has 1 amide bonds. The number of rotatable bonds is 4. The van der Waals surface area contributed by atoms with Crippen molar-refractivity contribution >= 4 is 17.3 Å². The third-order valence-corrected chi connectivity index (χ3v) is 4.90. The van der Waals surface area contributed by atoms with Gasteiger partial charge in [-0.15, -0.1) is 0 Å². The van der Waals surface area contributed by atoms with Crippen molar-refractivity contribution in [3.05, 3.63) is 23.8 Å². The first-order valence-corrected chi connectivity index (χ1v) is 8.77. The van der Waals surface area contributed by atoms with Crippen LogP contribution in [0.5, 0.6) is 0 Å². The molecule has 1 aliphatic carbocycles. The Morgan fingerprint density at radius 3 is 2.52 bits per heavy atom. The normalized spacial score (nSPS) is 19.2. The van der Waals surface area contributed by atoms with Gasteiger partial charge in [-0.3, -0.25) is 4.79 Å². The molecule has 2 aliphatic rings. The Kier molecular flexibility index (Phi) is 5.51. The number of nitrogens with one attached hydrogen (secondary N) is 1. The van der Waals surface area contributed by atoms with E-state index in [-0.39, 0.29) is 11.6 Å². The van der Waals surface area contributed by atoms with Crippen LogP contribution in [-0.2, 0) is 15.7 Å². The summed E-state index contributed by atoms with van der Waals surface area (Å²) in [5, 5.41) is 2.73. The summed E-state index contributed by atoms with van der Waals surface area (Å²) in [6, 6.07) is 3.55. The molecular formula is C18H23F3N2O2. The van der Waals surface area contributed by atoms with E-state index in [0.717, 1.165) is 37.8 Å². The number of halogens is 3. The molecule has 25 heavy (non-hydrogen) atoms. The highest BCUT2D eigenvalue weighted by Crippen LogP contribution is 2.36. The summed E-state index contributed by atoms with van der Waals surface area (Å²) >= 11 is 0. The van der Waals surface area contributed by atoms with Gasteiger partial charge in [0.25, 0.3) is 0 Å². The van der Waals surface area contributed by atoms with Gasteiger partial charge in [-0.1, -0.05) is 12.8 Å². The molecule has 0 bridgehead atoms. The van der Waals surface area contributed by atoms with Crippen molar-refractivity contribution in [1.82, 2.24) is 0 Å². The molecular weight excluding hydrogens is 333 g/mol. The van der Waals surface area contributed by atoms with Crippen LogP contribution in [0.2, 0.25) is 0 Å². The molecule has 4 nitrogen and oxygen atoms in total. The van der Waals surface area contributed by atoms with Gasteiger partial charge in [0.05, 0.1) is 30.2 Å². The molecule has 1 saturated carbocycles. The summed E-state index contributed by atoms with van der Waals surface area (Å²) in [6.45, 7) is 2.24. The molecule has 2 fully saturated rings. The number of nitrogens with zero attached hydrogens (tertiary/aromatic N) is 1. The fourth-order valence-corrected chi connectivity index (χ4v) is 3.57. The van der Waals surface area contributed by atoms with Crippen LogP contribution in [0, 0.1) is 5.92 Å². The van der Waals surface area contributed by atoms with E-state index >= 15 is 0 Å². The van der Waals surface area contributed by atoms with E-state index in [1.54, 1.807) is 0 Å². The smallest absolute Gasteiger partial charge is 0.378 e. The lowest BCUT2D eigenvalue weighted by Gasteiger charge is -2.31. The van der Waals surface area contributed by atoms with E-state index in [2.05, 4.69) is 5.32 Å². The number of hydrogen-bond donors (Lipinski definition) is 1. The van der Waals surface area contributed by atoms with Crippen molar-refractivity contribution in [2.45, 2.75) is 38.3 Å². The summed E-state index contributed by atoms with van der Waals surface area (Å²) in [5.74, 6) is 0.137. The Hall–Kier alpha value is -1.76. The van der Waals surface area contributed by atoms with Gasteiger partial charge in [0.15, 0.2) is 0 Å². The molecule has 1 saturated heterocycles. The van der Waals surface area contributed by atoms with Gasteiger partial charge in [0.2, 0.25) is 5.91 Å². The Labute approximate surface area is 145 Å². The second-order valence-electron chi connectivity index (χ2n) is 6.73. The summed E-state index contributed by atoms with van der Waals surface area (Å²) in [5.41, 5.74) is 0.108. The second-order valence-corrected chi connectivity index (χ2v) is 6.73. The largest absolute Gasteiger partial charge is 0.416 e. The summed E-state index contributed by atoms with van der Waals surface area (Å²) in [6.07, 6.45) is 0.229. The first-order valence-electron chi connectivity index (χ1n) is 8.77. The molecule has 1 heterocycles. The van der Waals surface area contributed by atoms with Crippen LogP contribution in [-0.4, -0.2) is 32.2 Å². The Morgan fingerprint density at radius 1 is 1.20 bits per heavy atom. The number of carbonyl (C=O) groups excluding carboxylic acids is 1. The standard InChI is InChI=1S/C18H23F3N2O2/c19-18(20,21)14-5-6-16(23-7-9-25-10-8-23)15(12-14)22-17(24)11-13-3-1-2-4-13/h5-6,12-13H,1-4,7-11H2,(H,22,24). The lowest BCUT2D eigenvalue weighted by Crippen LogP contribution is -2.37. The van der Waals surface area contributed by atoms with Crippen molar-refractivity contribution < 1.29 is 22.7 Å². The van der Waals surface area contributed by atoms with Crippen LogP contribution < -0.4 is 10.2 Å². The van der Waals surface area contributed by atoms with Crippen LogP contribution in [0.3, 0.4) is 0 Å². The highest BCUT2D eigenvalue weighted by atomic mass is 19.4. The van der Waals surface area contributed by atoms with Gasteiger partial charge in [-0.2, -0.15) is 13.2 Å². The molecule has 1 N–H and O–H groups in total. The van der Waals surface area contributed by atoms with E-state index in [9.17, 15) is 18.0 Å². The van der Waals surface area contributed by atoms with E-state index in [4.69, 9.17) is 4.74 Å². The van der Waals surface area contributed by atoms with Gasteiger partial charge in [0.1, 0.15) is 0 Å². The molecule has 1 aliphatic heterocycles. The van der Waals surface area contributed by atoms with Crippen LogP contribution in [0.15, 0.2) is 18.2 Å². The van der Waals surface area contributed by atoms with E-state index < -0.39 is 11.7 Å². The molecule has 7 heteroatoms. The molecule has 0 radical (unpaired) electrons. The lowest BCUT2D eigenvalue weighted by molar-refractivity contribution is -0.137. The zero-order chi connectivity index (χ0) is 17.9. The topological polar surface area (TPSA) is 41.6 Å². The minimum atomic E-state index is -4.44. The third-order valence-electron chi connectivity index (χ3n) is 4.90. The zero-order valence-corrected chi connectivity index (χ0v) is 14.1. The molecule has 0 spiro atoms. The summed E-state index contributed by atoms with van der Waals surface area (Å²) in [7, 11) is 0. The highest BCUT2D eigenvalue weighted by Gasteiger charge is 2.32. The van der Waals surface area contributed by atoms with E-state index in [1.165, 1.54) is 6.07 Å². The van der Waals surface area contributed by atoms with Crippen molar-refractivity contribution in [3.8, 4) is 0 Å². The maximum Gasteiger partial charge on any atom is 0.416 e. The highest BCUT2D eigenvalue weighted by molar-refractivity contribution is 5.94. The van der Waals surface area contributed by atoms with E-state index in [1.807, 2.05) is 4.90 Å². The predicted octanol–water partition coefficient (Wildman–Crippen LogP) is 4.06. The van der Waals surface area contributed by atoms with Crippen molar-refractivity contribution in [2.75, 3.05) is 36.5 Å². The first kappa shape index (κ1) is 18.0. The number of alkyl halides is 3. The lowest BCUT2D eigenvalue weighted by atomic mass is 10.0. The Balaban J connectivity index is 1.80. The molecule has 0 unspecified atom stereocenters. The number of carbonyl (C=O) groups is 1. The van der Waals surface area contributed by atoms with Gasteiger partial charge >= 0.3 is 6.18 Å². The van der Waals surface area contributed by atoms with Crippen molar-refractivity contribution in [1.29, 1.82) is 0 Å². The fraction of sp³-hybridized carbons (Fsp3) is 0.611. The second kappa shape index (κ2) is 7.64. The van der Waals surface area contributed by atoms with E-state index in [0.29, 0.717) is 44.3 Å². The minimum absolute atomic E-state index is 0.208. The third kappa shape index (κ3) is 4.66. The summed E-state index contributed by atoms with van der Waals surface area (Å²) in [4.78, 5) is 14.3.